The summed E-state index contributed by atoms with van der Waals surface area (Å²) >= 11 is 1.25. The molecule has 2 aliphatic rings. The fourth-order valence-corrected chi connectivity index (χ4v) is 5.76. The number of aromatic nitrogens is 1. The minimum atomic E-state index is -0.970. The molecule has 1 aromatic heterocycles. The highest BCUT2D eigenvalue weighted by atomic mass is 32.1. The molecule has 1 N–H and O–H groups in total. The van der Waals surface area contributed by atoms with Crippen molar-refractivity contribution >= 4 is 44.1 Å². The highest BCUT2D eigenvalue weighted by molar-refractivity contribution is 7.22. The number of ether oxygens (including phenoxy) is 4. The standard InChI is InChI=1S/C30H24N2O7S/c1-3-11-37-20-6-4-5-17(14-20)26-25(27(33)18-7-10-22-23(15-18)39-13-12-38-22)28(34)29(35)32(26)30-31-21-9-8-19(36-2)16-24(21)40-30/h3-10,14-16,26,33H,1,11-13H2,2H3/b27-25-. The molecule has 10 heteroatoms. The predicted octanol–water partition coefficient (Wildman–Crippen LogP) is 5.27. The smallest absolute Gasteiger partial charge is 0.301 e. The number of carbonyl (C=O) groups excluding carboxylic acids is 2. The van der Waals surface area contributed by atoms with Crippen LogP contribution in [0.3, 0.4) is 0 Å². The van der Waals surface area contributed by atoms with Gasteiger partial charge in [-0.2, -0.15) is 0 Å². The van der Waals surface area contributed by atoms with E-state index in [1.807, 2.05) is 6.07 Å². The third-order valence-corrected chi connectivity index (χ3v) is 7.61. The summed E-state index contributed by atoms with van der Waals surface area (Å²) in [5, 5.41) is 11.8. The topological polar surface area (TPSA) is 107 Å². The lowest BCUT2D eigenvalue weighted by Crippen LogP contribution is -2.29. The number of aliphatic hydroxyl groups excluding tert-OH is 1. The SMILES string of the molecule is C=CCOc1cccc(C2/C(=C(/O)c3ccc4c(c3)OCCO4)C(=O)C(=O)N2c2nc3ccc(OC)cc3s2)c1. The van der Waals surface area contributed by atoms with Crippen LogP contribution in [0, 0.1) is 0 Å². The van der Waals surface area contributed by atoms with E-state index in [1.54, 1.807) is 67.8 Å². The van der Waals surface area contributed by atoms with Crippen LogP contribution < -0.4 is 23.8 Å². The Morgan fingerprint density at radius 1 is 1.10 bits per heavy atom. The zero-order valence-electron chi connectivity index (χ0n) is 21.5. The summed E-state index contributed by atoms with van der Waals surface area (Å²) in [6.45, 7) is 4.74. The molecule has 3 heterocycles. The summed E-state index contributed by atoms with van der Waals surface area (Å²) < 4.78 is 23.1. The molecule has 0 radical (unpaired) electrons. The maximum absolute atomic E-state index is 13.6. The van der Waals surface area contributed by atoms with Gasteiger partial charge in [-0.05, 0) is 54.1 Å². The lowest BCUT2D eigenvalue weighted by molar-refractivity contribution is -0.132. The number of anilines is 1. The molecule has 1 unspecified atom stereocenters. The number of rotatable bonds is 7. The van der Waals surface area contributed by atoms with Crippen LogP contribution in [-0.4, -0.2) is 48.7 Å². The number of fused-ring (bicyclic) bond motifs is 2. The number of hydrogen-bond acceptors (Lipinski definition) is 9. The fourth-order valence-electron chi connectivity index (χ4n) is 4.74. The van der Waals surface area contributed by atoms with Crippen molar-refractivity contribution in [3.63, 3.8) is 0 Å². The van der Waals surface area contributed by atoms with Crippen molar-refractivity contribution in [3.05, 3.63) is 90.0 Å². The maximum Gasteiger partial charge on any atom is 0.301 e. The summed E-state index contributed by atoms with van der Waals surface area (Å²) in [6, 6.07) is 16.4. The van der Waals surface area contributed by atoms with Crippen molar-refractivity contribution in [2.75, 3.05) is 31.8 Å². The molecule has 3 aromatic carbocycles. The molecule has 202 valence electrons. The van der Waals surface area contributed by atoms with Gasteiger partial charge < -0.3 is 24.1 Å². The van der Waals surface area contributed by atoms with Gasteiger partial charge in [-0.3, -0.25) is 14.5 Å². The van der Waals surface area contributed by atoms with Gasteiger partial charge in [0.25, 0.3) is 5.78 Å². The van der Waals surface area contributed by atoms with Gasteiger partial charge >= 0.3 is 5.91 Å². The number of nitrogens with zero attached hydrogens (tertiary/aromatic N) is 2. The monoisotopic (exact) mass is 556 g/mol. The lowest BCUT2D eigenvalue weighted by Gasteiger charge is -2.23. The number of amides is 1. The summed E-state index contributed by atoms with van der Waals surface area (Å²) in [7, 11) is 1.57. The van der Waals surface area contributed by atoms with Crippen molar-refractivity contribution in [1.29, 1.82) is 0 Å². The second kappa shape index (κ2) is 10.4. The molecule has 1 atom stereocenters. The fraction of sp³-hybridized carbons (Fsp3) is 0.167. The lowest BCUT2D eigenvalue weighted by atomic mass is 9.95. The van der Waals surface area contributed by atoms with E-state index in [-0.39, 0.29) is 17.9 Å². The number of aliphatic hydroxyl groups is 1. The third kappa shape index (κ3) is 4.42. The third-order valence-electron chi connectivity index (χ3n) is 6.59. The highest BCUT2D eigenvalue weighted by Crippen LogP contribution is 2.45. The molecule has 0 bridgehead atoms. The van der Waals surface area contributed by atoms with Crippen LogP contribution in [0.15, 0.2) is 78.9 Å². The van der Waals surface area contributed by atoms with Gasteiger partial charge in [-0.15, -0.1) is 0 Å². The normalized spacial score (nSPS) is 17.7. The van der Waals surface area contributed by atoms with Gasteiger partial charge in [0.1, 0.15) is 37.1 Å². The van der Waals surface area contributed by atoms with Crippen LogP contribution in [0.1, 0.15) is 17.2 Å². The van der Waals surface area contributed by atoms with Crippen molar-refractivity contribution in [3.8, 4) is 23.0 Å². The number of benzene rings is 3. The number of thiazole rings is 1. The molecule has 0 saturated carbocycles. The van der Waals surface area contributed by atoms with Gasteiger partial charge in [-0.1, -0.05) is 36.1 Å². The zero-order valence-corrected chi connectivity index (χ0v) is 22.3. The van der Waals surface area contributed by atoms with Gasteiger partial charge in [0.2, 0.25) is 0 Å². The Labute approximate surface area is 233 Å². The summed E-state index contributed by atoms with van der Waals surface area (Å²) in [5.41, 5.74) is 1.47. The molecular weight excluding hydrogens is 532 g/mol. The zero-order chi connectivity index (χ0) is 27.8. The van der Waals surface area contributed by atoms with E-state index >= 15 is 0 Å². The quantitative estimate of drug-likeness (QED) is 0.142. The van der Waals surface area contributed by atoms with Crippen LogP contribution >= 0.6 is 11.3 Å². The number of hydrogen-bond donors (Lipinski definition) is 1. The van der Waals surface area contributed by atoms with Crippen LogP contribution in [0.25, 0.3) is 16.0 Å². The van der Waals surface area contributed by atoms with E-state index in [2.05, 4.69) is 11.6 Å². The molecular formula is C30H24N2O7S. The van der Waals surface area contributed by atoms with Gasteiger partial charge in [0, 0.05) is 5.56 Å². The Bertz CT molecular complexity index is 1690. The van der Waals surface area contributed by atoms with E-state index in [0.29, 0.717) is 58.0 Å². The first-order valence-corrected chi connectivity index (χ1v) is 13.3. The number of carbonyl (C=O) groups is 2. The van der Waals surface area contributed by atoms with Gasteiger partial charge in [-0.25, -0.2) is 4.98 Å². The Kier molecular flexibility index (Phi) is 6.61. The van der Waals surface area contributed by atoms with Crippen LogP contribution in [0.5, 0.6) is 23.0 Å². The molecule has 4 aromatic rings. The molecule has 1 fully saturated rings. The number of ketones is 1. The Morgan fingerprint density at radius 2 is 1.93 bits per heavy atom. The van der Waals surface area contributed by atoms with E-state index in [9.17, 15) is 14.7 Å². The van der Waals surface area contributed by atoms with Gasteiger partial charge in [0.15, 0.2) is 16.6 Å². The molecule has 0 aliphatic carbocycles. The second-order valence-electron chi connectivity index (χ2n) is 9.03. The van der Waals surface area contributed by atoms with E-state index in [4.69, 9.17) is 18.9 Å². The van der Waals surface area contributed by atoms with E-state index < -0.39 is 17.7 Å². The molecule has 1 amide bonds. The predicted molar refractivity (Wildman–Crippen MR) is 151 cm³/mol. The average molecular weight is 557 g/mol. The number of methoxy groups -OCH3 is 1. The molecule has 40 heavy (non-hydrogen) atoms. The van der Waals surface area contributed by atoms with Crippen molar-refractivity contribution in [2.24, 2.45) is 0 Å². The summed E-state index contributed by atoms with van der Waals surface area (Å²) in [6.07, 6.45) is 1.62. The molecule has 6 rings (SSSR count). The first kappa shape index (κ1) is 25.4. The molecule has 0 spiro atoms. The van der Waals surface area contributed by atoms with E-state index in [0.717, 1.165) is 4.70 Å². The minimum Gasteiger partial charge on any atom is -0.507 e. The summed E-state index contributed by atoms with van der Waals surface area (Å²) in [5.74, 6) is 0.198. The first-order chi connectivity index (χ1) is 19.5. The molecule has 1 saturated heterocycles. The van der Waals surface area contributed by atoms with Crippen LogP contribution in [0.2, 0.25) is 0 Å². The highest BCUT2D eigenvalue weighted by Gasteiger charge is 2.48. The Hall–Kier alpha value is -4.83. The van der Waals surface area contributed by atoms with Crippen molar-refractivity contribution < 1.29 is 33.6 Å². The first-order valence-electron chi connectivity index (χ1n) is 12.5. The minimum absolute atomic E-state index is 0.0700. The van der Waals surface area contributed by atoms with E-state index in [1.165, 1.54) is 16.2 Å². The molecule has 2 aliphatic heterocycles. The maximum atomic E-state index is 13.6. The van der Waals surface area contributed by atoms with Crippen molar-refractivity contribution in [1.82, 2.24) is 4.98 Å². The van der Waals surface area contributed by atoms with Crippen LogP contribution in [0.4, 0.5) is 5.13 Å². The molecule has 9 nitrogen and oxygen atoms in total. The Morgan fingerprint density at radius 3 is 2.73 bits per heavy atom. The second-order valence-corrected chi connectivity index (χ2v) is 10.0. The largest absolute Gasteiger partial charge is 0.507 e. The summed E-state index contributed by atoms with van der Waals surface area (Å²) in [4.78, 5) is 33.2. The van der Waals surface area contributed by atoms with Crippen molar-refractivity contribution in [2.45, 2.75) is 6.04 Å². The average Bonchev–Trinajstić information content (AvgIpc) is 3.52. The van der Waals surface area contributed by atoms with Gasteiger partial charge in [0.05, 0.1) is 28.9 Å². The number of Topliss-reactive ketones (excluding diaryl/α,β-unsaturated/α-hetero) is 1. The van der Waals surface area contributed by atoms with Crippen LogP contribution in [-0.2, 0) is 9.59 Å². The Balaban J connectivity index is 1.52.